The highest BCUT2D eigenvalue weighted by Crippen LogP contribution is 2.34. The number of thioether (sulfide) groups is 1. The molecule has 0 bridgehead atoms. The van der Waals surface area contributed by atoms with E-state index in [1.165, 1.54) is 28.3 Å². The van der Waals surface area contributed by atoms with Crippen molar-refractivity contribution in [2.75, 3.05) is 36.0 Å². The number of hydrogen-bond acceptors (Lipinski definition) is 7. The van der Waals surface area contributed by atoms with Gasteiger partial charge in [-0.3, -0.25) is 18.9 Å². The quantitative estimate of drug-likeness (QED) is 0.263. The fourth-order valence-corrected chi connectivity index (χ4v) is 6.06. The molecule has 196 valence electrons. The zero-order valence-electron chi connectivity index (χ0n) is 20.9. The Balaban J connectivity index is 1.33. The van der Waals surface area contributed by atoms with Crippen molar-refractivity contribution in [3.8, 4) is 0 Å². The first-order valence-electron chi connectivity index (χ1n) is 12.5. The van der Waals surface area contributed by atoms with Gasteiger partial charge in [-0.25, -0.2) is 9.37 Å². The molecule has 2 saturated heterocycles. The van der Waals surface area contributed by atoms with Crippen molar-refractivity contribution >= 4 is 57.4 Å². The standard InChI is InChI=1S/C29H24FN5O2S2/c30-21-9-11-22(12-10-21)32-14-16-33(17-15-32)26-23(27(36)34-13-5-4-8-25(34)31-26)18-24-28(37)35(29(38)39-24)19-20-6-2-1-3-7-20/h1-13,18H,14-17,19H2/b24-18+. The van der Waals surface area contributed by atoms with Gasteiger partial charge in [-0.15, -0.1) is 0 Å². The predicted octanol–water partition coefficient (Wildman–Crippen LogP) is 4.56. The lowest BCUT2D eigenvalue weighted by Crippen LogP contribution is -2.47. The maximum Gasteiger partial charge on any atom is 0.267 e. The summed E-state index contributed by atoms with van der Waals surface area (Å²) in [4.78, 5) is 38.1. The van der Waals surface area contributed by atoms with Crippen LogP contribution in [0.3, 0.4) is 0 Å². The molecule has 0 radical (unpaired) electrons. The molecule has 2 aliphatic heterocycles. The molecule has 4 heterocycles. The van der Waals surface area contributed by atoms with Crippen LogP contribution in [0.15, 0.2) is 88.7 Å². The first-order chi connectivity index (χ1) is 19.0. The average molecular weight is 558 g/mol. The molecule has 7 nitrogen and oxygen atoms in total. The molecular weight excluding hydrogens is 533 g/mol. The maximum atomic E-state index is 13.7. The Morgan fingerprint density at radius 1 is 0.897 bits per heavy atom. The number of fused-ring (bicyclic) bond motifs is 1. The second-order valence-electron chi connectivity index (χ2n) is 9.29. The summed E-state index contributed by atoms with van der Waals surface area (Å²) in [7, 11) is 0. The van der Waals surface area contributed by atoms with E-state index in [2.05, 4.69) is 9.80 Å². The smallest absolute Gasteiger partial charge is 0.267 e. The van der Waals surface area contributed by atoms with Crippen molar-refractivity contribution in [1.82, 2.24) is 14.3 Å². The summed E-state index contributed by atoms with van der Waals surface area (Å²) in [5.74, 6) is 0.0498. The number of piperazine rings is 1. The van der Waals surface area contributed by atoms with E-state index in [1.54, 1.807) is 41.4 Å². The van der Waals surface area contributed by atoms with Crippen molar-refractivity contribution in [3.05, 3.63) is 111 Å². The van der Waals surface area contributed by atoms with Gasteiger partial charge in [0.25, 0.3) is 11.5 Å². The maximum absolute atomic E-state index is 13.7. The predicted molar refractivity (Wildman–Crippen MR) is 157 cm³/mol. The largest absolute Gasteiger partial charge is 0.368 e. The lowest BCUT2D eigenvalue weighted by atomic mass is 10.2. The summed E-state index contributed by atoms with van der Waals surface area (Å²) in [5.41, 5.74) is 2.57. The van der Waals surface area contributed by atoms with E-state index < -0.39 is 0 Å². The second-order valence-corrected chi connectivity index (χ2v) is 11.0. The summed E-state index contributed by atoms with van der Waals surface area (Å²) >= 11 is 6.73. The number of benzene rings is 2. The highest BCUT2D eigenvalue weighted by Gasteiger charge is 2.33. The molecule has 10 heteroatoms. The van der Waals surface area contributed by atoms with Crippen LogP contribution < -0.4 is 15.4 Å². The van der Waals surface area contributed by atoms with Crippen LogP contribution in [0.4, 0.5) is 15.9 Å². The van der Waals surface area contributed by atoms with Gasteiger partial charge < -0.3 is 9.80 Å². The highest BCUT2D eigenvalue weighted by molar-refractivity contribution is 8.26. The first kappa shape index (κ1) is 25.3. The molecule has 2 aromatic heterocycles. The Morgan fingerprint density at radius 2 is 1.59 bits per heavy atom. The van der Waals surface area contributed by atoms with Gasteiger partial charge in [0.1, 0.15) is 21.6 Å². The Morgan fingerprint density at radius 3 is 2.33 bits per heavy atom. The molecule has 2 aromatic carbocycles. The molecule has 39 heavy (non-hydrogen) atoms. The van der Waals surface area contributed by atoms with Crippen LogP contribution in [0, 0.1) is 5.82 Å². The SMILES string of the molecule is O=C1/C(=C\c2c(N3CCN(c4ccc(F)cc4)CC3)nc3ccccn3c2=O)SC(=S)N1Cc1ccccc1. The lowest BCUT2D eigenvalue weighted by molar-refractivity contribution is -0.122. The van der Waals surface area contributed by atoms with Crippen LogP contribution in [0.5, 0.6) is 0 Å². The van der Waals surface area contributed by atoms with Gasteiger partial charge in [-0.1, -0.05) is 60.4 Å². The topological polar surface area (TPSA) is 61.2 Å². The number of nitrogens with zero attached hydrogens (tertiary/aromatic N) is 5. The summed E-state index contributed by atoms with van der Waals surface area (Å²) < 4.78 is 15.3. The Bertz CT molecular complexity index is 1650. The van der Waals surface area contributed by atoms with Crippen LogP contribution in [0.25, 0.3) is 11.7 Å². The molecule has 0 unspecified atom stereocenters. The fourth-order valence-electron chi connectivity index (χ4n) is 4.82. The molecule has 4 aromatic rings. The van der Waals surface area contributed by atoms with E-state index in [-0.39, 0.29) is 17.3 Å². The molecule has 2 aliphatic rings. The normalized spacial score (nSPS) is 17.1. The van der Waals surface area contributed by atoms with E-state index in [9.17, 15) is 14.0 Å². The molecule has 0 saturated carbocycles. The Labute approximate surface area is 234 Å². The van der Waals surface area contributed by atoms with Crippen LogP contribution in [-0.4, -0.2) is 50.7 Å². The summed E-state index contributed by atoms with van der Waals surface area (Å²) in [6.07, 6.45) is 3.32. The van der Waals surface area contributed by atoms with Crippen LogP contribution in [-0.2, 0) is 11.3 Å². The van der Waals surface area contributed by atoms with E-state index in [4.69, 9.17) is 17.2 Å². The minimum absolute atomic E-state index is 0.224. The van der Waals surface area contributed by atoms with E-state index in [0.29, 0.717) is 59.0 Å². The van der Waals surface area contributed by atoms with Crippen LogP contribution in [0.2, 0.25) is 0 Å². The third kappa shape index (κ3) is 5.05. The Kier molecular flexibility index (Phi) is 6.88. The molecule has 6 rings (SSSR count). The van der Waals surface area contributed by atoms with Gasteiger partial charge in [0.15, 0.2) is 0 Å². The van der Waals surface area contributed by atoms with E-state index in [1.807, 2.05) is 36.4 Å². The highest BCUT2D eigenvalue weighted by atomic mass is 32.2. The minimum Gasteiger partial charge on any atom is -0.368 e. The summed E-state index contributed by atoms with van der Waals surface area (Å²) in [6, 6.07) is 21.5. The van der Waals surface area contributed by atoms with Crippen molar-refractivity contribution in [1.29, 1.82) is 0 Å². The van der Waals surface area contributed by atoms with Gasteiger partial charge in [-0.2, -0.15) is 0 Å². The number of aromatic nitrogens is 2. The molecule has 2 fully saturated rings. The van der Waals surface area contributed by atoms with Crippen molar-refractivity contribution < 1.29 is 9.18 Å². The molecule has 0 N–H and O–H groups in total. The summed E-state index contributed by atoms with van der Waals surface area (Å²) in [5, 5.41) is 0. The van der Waals surface area contributed by atoms with E-state index >= 15 is 0 Å². The van der Waals surface area contributed by atoms with Crippen LogP contribution >= 0.6 is 24.0 Å². The van der Waals surface area contributed by atoms with Gasteiger partial charge in [0.05, 0.1) is 17.0 Å². The lowest BCUT2D eigenvalue weighted by Gasteiger charge is -2.37. The van der Waals surface area contributed by atoms with Crippen LogP contribution in [0.1, 0.15) is 11.1 Å². The second kappa shape index (κ2) is 10.6. The third-order valence-corrected chi connectivity index (χ3v) is 8.23. The van der Waals surface area contributed by atoms with Crippen molar-refractivity contribution in [3.63, 3.8) is 0 Å². The van der Waals surface area contributed by atoms with Gasteiger partial charge in [-0.05, 0) is 48.0 Å². The molecule has 0 atom stereocenters. The van der Waals surface area contributed by atoms with Crippen molar-refractivity contribution in [2.24, 2.45) is 0 Å². The number of anilines is 2. The minimum atomic E-state index is -0.267. The molecular formula is C29H24FN5O2S2. The number of carbonyl (C=O) groups excluding carboxylic acids is 1. The average Bonchev–Trinajstić information content (AvgIpc) is 3.23. The van der Waals surface area contributed by atoms with Gasteiger partial charge in [0.2, 0.25) is 0 Å². The number of halogens is 1. The first-order valence-corrected chi connectivity index (χ1v) is 13.8. The third-order valence-electron chi connectivity index (χ3n) is 6.85. The fraction of sp³-hybridized carbons (Fsp3) is 0.172. The number of amides is 1. The van der Waals surface area contributed by atoms with Crippen molar-refractivity contribution in [2.45, 2.75) is 6.54 Å². The summed E-state index contributed by atoms with van der Waals surface area (Å²) in [6.45, 7) is 2.96. The molecule has 0 spiro atoms. The van der Waals surface area contributed by atoms with E-state index in [0.717, 1.165) is 11.3 Å². The zero-order valence-corrected chi connectivity index (χ0v) is 22.5. The number of carbonyl (C=O) groups is 1. The Hall–Kier alpha value is -4.02. The monoisotopic (exact) mass is 557 g/mol. The number of thiocarbonyl (C=S) groups is 1. The number of rotatable bonds is 5. The van der Waals surface area contributed by atoms with Gasteiger partial charge >= 0.3 is 0 Å². The number of pyridine rings is 1. The molecule has 0 aliphatic carbocycles. The number of hydrogen-bond donors (Lipinski definition) is 0. The van der Waals surface area contributed by atoms with Gasteiger partial charge in [0, 0.05) is 38.1 Å². The zero-order chi connectivity index (χ0) is 26.9. The molecule has 1 amide bonds.